The molecule has 0 aliphatic rings. The SMILES string of the molecule is CCNC(=NCC(C)Oc1cccc(OC)c1)NCCc1ccc(NC(C)=O)cc1.I. The van der Waals surface area contributed by atoms with Crippen LogP contribution in [0.15, 0.2) is 53.5 Å². The Kier molecular flexibility index (Phi) is 12.4. The van der Waals surface area contributed by atoms with Crippen LogP contribution in [0.5, 0.6) is 11.5 Å². The largest absolute Gasteiger partial charge is 0.497 e. The summed E-state index contributed by atoms with van der Waals surface area (Å²) in [5.41, 5.74) is 1.99. The lowest BCUT2D eigenvalue weighted by Gasteiger charge is -2.15. The number of halogens is 1. The van der Waals surface area contributed by atoms with E-state index in [4.69, 9.17) is 9.47 Å². The number of hydrogen-bond acceptors (Lipinski definition) is 4. The van der Waals surface area contributed by atoms with Gasteiger partial charge in [0.1, 0.15) is 17.6 Å². The van der Waals surface area contributed by atoms with E-state index in [1.807, 2.05) is 62.4 Å². The van der Waals surface area contributed by atoms with Crippen LogP contribution < -0.4 is 25.4 Å². The fourth-order valence-electron chi connectivity index (χ4n) is 2.79. The zero-order valence-corrected chi connectivity index (χ0v) is 20.9. The molecule has 3 N–H and O–H groups in total. The molecule has 0 aromatic heterocycles. The summed E-state index contributed by atoms with van der Waals surface area (Å²) >= 11 is 0. The molecule has 0 aliphatic carbocycles. The number of hydrogen-bond donors (Lipinski definition) is 3. The maximum atomic E-state index is 11.1. The molecular weight excluding hydrogens is 507 g/mol. The molecule has 1 unspecified atom stereocenters. The predicted molar refractivity (Wildman–Crippen MR) is 137 cm³/mol. The minimum atomic E-state index is -0.0751. The summed E-state index contributed by atoms with van der Waals surface area (Å²) < 4.78 is 11.1. The summed E-state index contributed by atoms with van der Waals surface area (Å²) in [4.78, 5) is 15.7. The average molecular weight is 540 g/mol. The number of methoxy groups -OCH3 is 1. The van der Waals surface area contributed by atoms with Crippen molar-refractivity contribution >= 4 is 41.5 Å². The van der Waals surface area contributed by atoms with Crippen LogP contribution in [0, 0.1) is 0 Å². The number of carbonyl (C=O) groups is 1. The second-order valence-corrected chi connectivity index (χ2v) is 6.88. The number of ether oxygens (including phenoxy) is 2. The smallest absolute Gasteiger partial charge is 0.221 e. The van der Waals surface area contributed by atoms with Gasteiger partial charge in [-0.25, -0.2) is 4.99 Å². The highest BCUT2D eigenvalue weighted by atomic mass is 127. The minimum Gasteiger partial charge on any atom is -0.497 e. The quantitative estimate of drug-likeness (QED) is 0.243. The van der Waals surface area contributed by atoms with Crippen molar-refractivity contribution in [3.05, 3.63) is 54.1 Å². The number of nitrogens with zero attached hydrogens (tertiary/aromatic N) is 1. The number of nitrogens with one attached hydrogen (secondary N) is 3. The number of rotatable bonds is 10. The van der Waals surface area contributed by atoms with Gasteiger partial charge < -0.3 is 25.4 Å². The molecule has 0 radical (unpaired) electrons. The average Bonchev–Trinajstić information content (AvgIpc) is 2.73. The Morgan fingerprint density at radius 3 is 2.45 bits per heavy atom. The van der Waals surface area contributed by atoms with Crippen LogP contribution in [0.25, 0.3) is 0 Å². The number of amides is 1. The van der Waals surface area contributed by atoms with Crippen molar-refractivity contribution in [2.24, 2.45) is 4.99 Å². The van der Waals surface area contributed by atoms with E-state index in [1.54, 1.807) is 7.11 Å². The highest BCUT2D eigenvalue weighted by Crippen LogP contribution is 2.19. The third-order valence-electron chi connectivity index (χ3n) is 4.21. The third-order valence-corrected chi connectivity index (χ3v) is 4.21. The molecule has 0 spiro atoms. The molecule has 170 valence electrons. The van der Waals surface area contributed by atoms with Gasteiger partial charge in [0, 0.05) is 31.8 Å². The van der Waals surface area contributed by atoms with Crippen LogP contribution in [0.3, 0.4) is 0 Å². The second kappa shape index (κ2) is 14.5. The van der Waals surface area contributed by atoms with Gasteiger partial charge in [-0.3, -0.25) is 4.79 Å². The number of carbonyl (C=O) groups excluding carboxylic acids is 1. The first kappa shape index (κ1) is 26.5. The lowest BCUT2D eigenvalue weighted by molar-refractivity contribution is -0.114. The van der Waals surface area contributed by atoms with Crippen LogP contribution >= 0.6 is 24.0 Å². The highest BCUT2D eigenvalue weighted by molar-refractivity contribution is 14.0. The number of aliphatic imine (C=N–C) groups is 1. The van der Waals surface area contributed by atoms with E-state index in [0.29, 0.717) is 6.54 Å². The van der Waals surface area contributed by atoms with Crippen LogP contribution in [-0.2, 0) is 11.2 Å². The molecule has 0 heterocycles. The molecule has 0 bridgehead atoms. The zero-order valence-electron chi connectivity index (χ0n) is 18.6. The van der Waals surface area contributed by atoms with Gasteiger partial charge in [0.15, 0.2) is 5.96 Å². The molecule has 2 aromatic carbocycles. The molecule has 0 fully saturated rings. The van der Waals surface area contributed by atoms with Gasteiger partial charge in [0.05, 0.1) is 13.7 Å². The van der Waals surface area contributed by atoms with Crippen molar-refractivity contribution in [1.82, 2.24) is 10.6 Å². The molecule has 7 nitrogen and oxygen atoms in total. The van der Waals surface area contributed by atoms with Gasteiger partial charge in [-0.05, 0) is 50.1 Å². The topological polar surface area (TPSA) is 84.0 Å². The maximum absolute atomic E-state index is 11.1. The number of guanidine groups is 1. The van der Waals surface area contributed by atoms with E-state index >= 15 is 0 Å². The molecule has 1 amide bonds. The van der Waals surface area contributed by atoms with Crippen LogP contribution in [0.1, 0.15) is 26.3 Å². The van der Waals surface area contributed by atoms with Gasteiger partial charge in [0.2, 0.25) is 5.91 Å². The Morgan fingerprint density at radius 1 is 1.10 bits per heavy atom. The van der Waals surface area contributed by atoms with E-state index in [2.05, 4.69) is 20.9 Å². The Morgan fingerprint density at radius 2 is 1.81 bits per heavy atom. The van der Waals surface area contributed by atoms with Crippen molar-refractivity contribution in [3.63, 3.8) is 0 Å². The minimum absolute atomic E-state index is 0. The summed E-state index contributed by atoms with van der Waals surface area (Å²) in [6, 6.07) is 15.4. The summed E-state index contributed by atoms with van der Waals surface area (Å²) in [6.45, 7) is 7.58. The molecule has 0 saturated heterocycles. The van der Waals surface area contributed by atoms with E-state index in [1.165, 1.54) is 12.5 Å². The maximum Gasteiger partial charge on any atom is 0.221 e. The van der Waals surface area contributed by atoms with Crippen LogP contribution in [-0.4, -0.2) is 44.7 Å². The molecule has 0 saturated carbocycles. The number of anilines is 1. The molecule has 8 heteroatoms. The van der Waals surface area contributed by atoms with E-state index in [-0.39, 0.29) is 36.0 Å². The van der Waals surface area contributed by atoms with Gasteiger partial charge in [0.25, 0.3) is 0 Å². The summed E-state index contributed by atoms with van der Waals surface area (Å²) in [6.07, 6.45) is 0.773. The monoisotopic (exact) mass is 540 g/mol. The molecule has 31 heavy (non-hydrogen) atoms. The molecule has 0 aliphatic heterocycles. The van der Waals surface area contributed by atoms with Crippen LogP contribution in [0.4, 0.5) is 5.69 Å². The Bertz CT molecular complexity index is 828. The zero-order chi connectivity index (χ0) is 21.8. The van der Waals surface area contributed by atoms with Gasteiger partial charge in [-0.2, -0.15) is 0 Å². The van der Waals surface area contributed by atoms with Gasteiger partial charge in [-0.1, -0.05) is 18.2 Å². The Hall–Kier alpha value is -2.49. The predicted octanol–water partition coefficient (Wildman–Crippen LogP) is 3.84. The third kappa shape index (κ3) is 10.4. The van der Waals surface area contributed by atoms with Crippen molar-refractivity contribution < 1.29 is 14.3 Å². The first-order valence-corrected chi connectivity index (χ1v) is 10.2. The lowest BCUT2D eigenvalue weighted by Crippen LogP contribution is -2.39. The summed E-state index contributed by atoms with van der Waals surface area (Å²) in [5, 5.41) is 9.37. The number of benzene rings is 2. The van der Waals surface area contributed by atoms with Gasteiger partial charge >= 0.3 is 0 Å². The Balaban J connectivity index is 0.00000480. The van der Waals surface area contributed by atoms with Gasteiger partial charge in [-0.15, -0.1) is 24.0 Å². The Labute approximate surface area is 202 Å². The van der Waals surface area contributed by atoms with Crippen molar-refractivity contribution in [2.45, 2.75) is 33.3 Å². The molecular formula is C23H33IN4O3. The standard InChI is InChI=1S/C23H32N4O3.HI/c1-5-24-23(25-14-13-19-9-11-20(12-10-19)27-18(3)28)26-16-17(2)30-22-8-6-7-21(15-22)29-4;/h6-12,15,17H,5,13-14,16H2,1-4H3,(H,27,28)(H2,24,25,26);1H. The molecule has 1 atom stereocenters. The highest BCUT2D eigenvalue weighted by Gasteiger charge is 2.06. The molecule has 2 aromatic rings. The van der Waals surface area contributed by atoms with E-state index in [9.17, 15) is 4.79 Å². The molecule has 2 rings (SSSR count). The first-order valence-electron chi connectivity index (χ1n) is 10.2. The normalized spacial score (nSPS) is 11.7. The lowest BCUT2D eigenvalue weighted by atomic mass is 10.1. The van der Waals surface area contributed by atoms with Crippen LogP contribution in [0.2, 0.25) is 0 Å². The van der Waals surface area contributed by atoms with E-state index < -0.39 is 0 Å². The second-order valence-electron chi connectivity index (χ2n) is 6.88. The fraction of sp³-hybridized carbons (Fsp3) is 0.391. The first-order chi connectivity index (χ1) is 14.5. The van der Waals surface area contributed by atoms with Crippen molar-refractivity contribution in [2.75, 3.05) is 32.1 Å². The van der Waals surface area contributed by atoms with Crippen molar-refractivity contribution in [3.8, 4) is 11.5 Å². The fourth-order valence-corrected chi connectivity index (χ4v) is 2.79. The van der Waals surface area contributed by atoms with E-state index in [0.717, 1.165) is 42.7 Å². The summed E-state index contributed by atoms with van der Waals surface area (Å²) in [5.74, 6) is 2.22. The summed E-state index contributed by atoms with van der Waals surface area (Å²) in [7, 11) is 1.64. The van der Waals surface area contributed by atoms with Crippen molar-refractivity contribution in [1.29, 1.82) is 0 Å².